The Morgan fingerprint density at radius 1 is 1.59 bits per heavy atom. The Morgan fingerprint density at radius 3 is 2.88 bits per heavy atom. The summed E-state index contributed by atoms with van der Waals surface area (Å²) in [4.78, 5) is 28.1. The van der Waals surface area contributed by atoms with E-state index in [0.717, 1.165) is 11.3 Å². The molecule has 1 fully saturated rings. The molecule has 2 rings (SSSR count). The van der Waals surface area contributed by atoms with Crippen molar-refractivity contribution in [2.24, 2.45) is 5.92 Å². The van der Waals surface area contributed by atoms with Crippen LogP contribution in [0.3, 0.4) is 0 Å². The van der Waals surface area contributed by atoms with Crippen LogP contribution in [0, 0.1) is 12.8 Å². The Bertz CT molecular complexity index is 442. The van der Waals surface area contributed by atoms with Crippen molar-refractivity contribution < 1.29 is 14.7 Å². The minimum absolute atomic E-state index is 0.0984. The number of pyridine rings is 1. The molecule has 0 aliphatic carbocycles. The second-order valence-corrected chi connectivity index (χ2v) is 4.34. The van der Waals surface area contributed by atoms with Crippen LogP contribution in [0.5, 0.6) is 0 Å². The average Bonchev–Trinajstić information content (AvgIpc) is 2.64. The molecule has 1 aromatic heterocycles. The Kier molecular flexibility index (Phi) is 3.08. The lowest BCUT2D eigenvalue weighted by molar-refractivity contribution is -0.141. The maximum absolute atomic E-state index is 11.6. The van der Waals surface area contributed by atoms with Gasteiger partial charge in [0.25, 0.3) is 0 Å². The molecule has 5 nitrogen and oxygen atoms in total. The molecule has 0 bridgehead atoms. The molecule has 1 N–H and O–H groups in total. The molecule has 1 aromatic rings. The van der Waals surface area contributed by atoms with Crippen molar-refractivity contribution in [3.8, 4) is 0 Å². The van der Waals surface area contributed by atoms with Crippen LogP contribution in [-0.2, 0) is 16.1 Å². The molecule has 17 heavy (non-hydrogen) atoms. The number of hydrogen-bond donors (Lipinski definition) is 1. The predicted molar refractivity (Wildman–Crippen MR) is 60.1 cm³/mol. The van der Waals surface area contributed by atoms with E-state index >= 15 is 0 Å². The number of rotatable bonds is 3. The lowest BCUT2D eigenvalue weighted by atomic mass is 10.1. The number of aryl methyl sites for hydroxylation is 1. The molecule has 1 aliphatic heterocycles. The minimum atomic E-state index is -0.905. The highest BCUT2D eigenvalue weighted by Crippen LogP contribution is 2.19. The maximum Gasteiger partial charge on any atom is 0.308 e. The van der Waals surface area contributed by atoms with Gasteiger partial charge in [-0.15, -0.1) is 0 Å². The number of nitrogens with zero attached hydrogens (tertiary/aromatic N) is 2. The van der Waals surface area contributed by atoms with Gasteiger partial charge in [-0.3, -0.25) is 14.6 Å². The SMILES string of the molecule is Cc1ccc(CN2CC(C(=O)O)CC2=O)nc1. The number of likely N-dealkylation sites (tertiary alicyclic amines) is 1. The third kappa shape index (κ3) is 2.61. The van der Waals surface area contributed by atoms with Gasteiger partial charge in [0.2, 0.25) is 5.91 Å². The van der Waals surface area contributed by atoms with E-state index in [0.29, 0.717) is 6.54 Å². The number of carboxylic acids is 1. The van der Waals surface area contributed by atoms with E-state index in [2.05, 4.69) is 4.98 Å². The minimum Gasteiger partial charge on any atom is -0.481 e. The van der Waals surface area contributed by atoms with Gasteiger partial charge in [-0.2, -0.15) is 0 Å². The van der Waals surface area contributed by atoms with Crippen LogP contribution in [-0.4, -0.2) is 33.4 Å². The first-order valence-electron chi connectivity index (χ1n) is 5.48. The molecular weight excluding hydrogens is 220 g/mol. The molecule has 0 spiro atoms. The third-order valence-electron chi connectivity index (χ3n) is 2.89. The Morgan fingerprint density at radius 2 is 2.35 bits per heavy atom. The van der Waals surface area contributed by atoms with Crippen molar-refractivity contribution in [2.75, 3.05) is 6.54 Å². The largest absolute Gasteiger partial charge is 0.481 e. The van der Waals surface area contributed by atoms with Crippen molar-refractivity contribution in [1.82, 2.24) is 9.88 Å². The molecule has 0 aromatic carbocycles. The fourth-order valence-corrected chi connectivity index (χ4v) is 1.88. The van der Waals surface area contributed by atoms with Crippen molar-refractivity contribution in [1.29, 1.82) is 0 Å². The Hall–Kier alpha value is -1.91. The third-order valence-corrected chi connectivity index (χ3v) is 2.89. The van der Waals surface area contributed by atoms with E-state index in [1.165, 1.54) is 0 Å². The predicted octanol–water partition coefficient (Wildman–Crippen LogP) is 0.823. The van der Waals surface area contributed by atoms with Gasteiger partial charge in [-0.1, -0.05) is 6.07 Å². The number of aliphatic carboxylic acids is 1. The van der Waals surface area contributed by atoms with Crippen LogP contribution in [0.4, 0.5) is 0 Å². The second-order valence-electron chi connectivity index (χ2n) is 4.34. The summed E-state index contributed by atoms with van der Waals surface area (Å²) >= 11 is 0. The second kappa shape index (κ2) is 4.53. The fraction of sp³-hybridized carbons (Fsp3) is 0.417. The average molecular weight is 234 g/mol. The smallest absolute Gasteiger partial charge is 0.308 e. The zero-order valence-electron chi connectivity index (χ0n) is 9.59. The van der Waals surface area contributed by atoms with E-state index in [-0.39, 0.29) is 18.9 Å². The van der Waals surface area contributed by atoms with Crippen LogP contribution in [0.1, 0.15) is 17.7 Å². The van der Waals surface area contributed by atoms with Gasteiger partial charge in [0.15, 0.2) is 0 Å². The monoisotopic (exact) mass is 234 g/mol. The first kappa shape index (κ1) is 11.6. The summed E-state index contributed by atoms with van der Waals surface area (Å²) in [6.45, 7) is 2.62. The highest BCUT2D eigenvalue weighted by atomic mass is 16.4. The van der Waals surface area contributed by atoms with Crippen molar-refractivity contribution >= 4 is 11.9 Å². The van der Waals surface area contributed by atoms with E-state index in [1.54, 1.807) is 11.1 Å². The zero-order chi connectivity index (χ0) is 12.4. The highest BCUT2D eigenvalue weighted by Gasteiger charge is 2.34. The van der Waals surface area contributed by atoms with Crippen molar-refractivity contribution in [2.45, 2.75) is 19.9 Å². The quantitative estimate of drug-likeness (QED) is 0.840. The summed E-state index contributed by atoms with van der Waals surface area (Å²) in [5, 5.41) is 8.86. The van der Waals surface area contributed by atoms with Crippen molar-refractivity contribution in [3.63, 3.8) is 0 Å². The normalized spacial score (nSPS) is 19.7. The van der Waals surface area contributed by atoms with E-state index in [4.69, 9.17) is 5.11 Å². The zero-order valence-corrected chi connectivity index (χ0v) is 9.59. The molecule has 1 unspecified atom stereocenters. The number of carboxylic acid groups (broad SMARTS) is 1. The summed E-state index contributed by atoms with van der Waals surface area (Å²) in [6, 6.07) is 3.79. The van der Waals surface area contributed by atoms with Crippen LogP contribution in [0.15, 0.2) is 18.3 Å². The summed E-state index contributed by atoms with van der Waals surface area (Å²) in [6.07, 6.45) is 1.84. The van der Waals surface area contributed by atoms with Gasteiger partial charge in [0, 0.05) is 19.2 Å². The number of amides is 1. The lowest BCUT2D eigenvalue weighted by Gasteiger charge is -2.15. The summed E-state index contributed by atoms with van der Waals surface area (Å²) in [5.74, 6) is -1.59. The molecule has 0 radical (unpaired) electrons. The summed E-state index contributed by atoms with van der Waals surface area (Å²) < 4.78 is 0. The van der Waals surface area contributed by atoms with Crippen molar-refractivity contribution in [3.05, 3.63) is 29.6 Å². The number of aromatic nitrogens is 1. The number of carbonyl (C=O) groups is 2. The van der Waals surface area contributed by atoms with Gasteiger partial charge in [0.05, 0.1) is 18.2 Å². The van der Waals surface area contributed by atoms with Crippen LogP contribution >= 0.6 is 0 Å². The van der Waals surface area contributed by atoms with Crippen LogP contribution in [0.2, 0.25) is 0 Å². The highest BCUT2D eigenvalue weighted by molar-refractivity contribution is 5.86. The fourth-order valence-electron chi connectivity index (χ4n) is 1.88. The summed E-state index contributed by atoms with van der Waals surface area (Å²) in [5.41, 5.74) is 1.85. The van der Waals surface area contributed by atoms with Gasteiger partial charge in [0.1, 0.15) is 0 Å². The molecular formula is C12H14N2O3. The molecule has 1 amide bonds. The molecule has 0 saturated carbocycles. The van der Waals surface area contributed by atoms with Gasteiger partial charge in [-0.05, 0) is 18.6 Å². The topological polar surface area (TPSA) is 70.5 Å². The van der Waals surface area contributed by atoms with Crippen LogP contribution in [0.25, 0.3) is 0 Å². The van der Waals surface area contributed by atoms with Gasteiger partial charge < -0.3 is 10.0 Å². The lowest BCUT2D eigenvalue weighted by Crippen LogP contribution is -2.26. The van der Waals surface area contributed by atoms with E-state index in [1.807, 2.05) is 19.1 Å². The molecule has 1 aliphatic rings. The number of carbonyl (C=O) groups excluding carboxylic acids is 1. The van der Waals surface area contributed by atoms with Gasteiger partial charge in [-0.25, -0.2) is 0 Å². The Labute approximate surface area is 99.1 Å². The maximum atomic E-state index is 11.6. The molecule has 2 heterocycles. The first-order valence-corrected chi connectivity index (χ1v) is 5.48. The summed E-state index contributed by atoms with van der Waals surface area (Å²) in [7, 11) is 0. The van der Waals surface area contributed by atoms with Gasteiger partial charge >= 0.3 is 5.97 Å². The van der Waals surface area contributed by atoms with Crippen LogP contribution < -0.4 is 0 Å². The molecule has 5 heteroatoms. The number of hydrogen-bond acceptors (Lipinski definition) is 3. The van der Waals surface area contributed by atoms with E-state index < -0.39 is 11.9 Å². The molecule has 1 atom stereocenters. The standard InChI is InChI=1S/C12H14N2O3/c1-8-2-3-10(13-5-8)7-14-6-9(12(16)17)4-11(14)15/h2-3,5,9H,4,6-7H2,1H3,(H,16,17). The molecule has 1 saturated heterocycles. The van der Waals surface area contributed by atoms with E-state index in [9.17, 15) is 9.59 Å². The molecule has 90 valence electrons. The first-order chi connectivity index (χ1) is 8.06. The Balaban J connectivity index is 2.02.